The zero-order valence-electron chi connectivity index (χ0n) is 14.5. The third-order valence-corrected chi connectivity index (χ3v) is 3.48. The number of aliphatic imine (C=N–C) groups is 1. The van der Waals surface area contributed by atoms with E-state index in [0.717, 1.165) is 17.7 Å². The van der Waals surface area contributed by atoms with Crippen LogP contribution in [-0.2, 0) is 17.7 Å². The molecule has 1 heterocycles. The maximum Gasteiger partial charge on any atom is 0.191 e. The van der Waals surface area contributed by atoms with Gasteiger partial charge in [0.15, 0.2) is 5.96 Å². The number of hydrogen-bond donors (Lipinski definition) is 2. The fourth-order valence-electron chi connectivity index (χ4n) is 2.18. The molecule has 0 aliphatic rings. The first-order chi connectivity index (χ1) is 11.7. The molecule has 0 saturated carbocycles. The fourth-order valence-corrected chi connectivity index (χ4v) is 2.18. The van der Waals surface area contributed by atoms with Gasteiger partial charge in [0.25, 0.3) is 0 Å². The van der Waals surface area contributed by atoms with Gasteiger partial charge in [0.2, 0.25) is 0 Å². The zero-order chi connectivity index (χ0) is 17.2. The average Bonchev–Trinajstić information content (AvgIpc) is 3.09. The summed E-state index contributed by atoms with van der Waals surface area (Å²) in [5.74, 6) is 1.42. The lowest BCUT2D eigenvalue weighted by Crippen LogP contribution is -2.40. The monoisotopic (exact) mass is 461 g/mol. The molecular weight excluding hydrogens is 436 g/mol. The number of aryl methyl sites for hydroxylation is 1. The van der Waals surface area contributed by atoms with Gasteiger partial charge in [0.05, 0.1) is 19.4 Å². The summed E-state index contributed by atoms with van der Waals surface area (Å²) in [4.78, 5) is 4.54. The second kappa shape index (κ2) is 11.9. The van der Waals surface area contributed by atoms with Crippen LogP contribution in [0, 0.1) is 12.7 Å². The molecule has 2 aromatic rings. The SMILES string of the molecule is COCCNC(=NCc1ccc(F)c(C)c1)NCCc1ccco1.I. The Morgan fingerprint density at radius 2 is 2.04 bits per heavy atom. The summed E-state index contributed by atoms with van der Waals surface area (Å²) < 4.78 is 23.7. The molecule has 0 spiro atoms. The lowest BCUT2D eigenvalue weighted by molar-refractivity contribution is 0.203. The highest BCUT2D eigenvalue weighted by Crippen LogP contribution is 2.10. The summed E-state index contributed by atoms with van der Waals surface area (Å²) >= 11 is 0. The number of rotatable bonds is 8. The molecule has 0 bridgehead atoms. The topological polar surface area (TPSA) is 58.8 Å². The molecule has 7 heteroatoms. The Balaban J connectivity index is 0.00000312. The van der Waals surface area contributed by atoms with Gasteiger partial charge in [-0.25, -0.2) is 9.38 Å². The van der Waals surface area contributed by atoms with Crippen LogP contribution in [0.25, 0.3) is 0 Å². The van der Waals surface area contributed by atoms with E-state index in [1.807, 2.05) is 18.2 Å². The average molecular weight is 461 g/mol. The van der Waals surface area contributed by atoms with Crippen molar-refractivity contribution in [1.82, 2.24) is 10.6 Å². The standard InChI is InChI=1S/C18H24FN3O2.HI/c1-14-12-15(5-6-17(14)19)13-22-18(21-9-11-23-2)20-8-7-16-4-3-10-24-16;/h3-6,10,12H,7-9,11,13H2,1-2H3,(H2,20,21,22);1H. The van der Waals surface area contributed by atoms with Gasteiger partial charge in [-0.1, -0.05) is 12.1 Å². The first kappa shape index (κ1) is 21.4. The van der Waals surface area contributed by atoms with E-state index in [1.165, 1.54) is 6.07 Å². The van der Waals surface area contributed by atoms with Crippen molar-refractivity contribution in [3.8, 4) is 0 Å². The van der Waals surface area contributed by atoms with Gasteiger partial charge in [-0.2, -0.15) is 0 Å². The Morgan fingerprint density at radius 1 is 1.24 bits per heavy atom. The Morgan fingerprint density at radius 3 is 2.72 bits per heavy atom. The first-order valence-corrected chi connectivity index (χ1v) is 7.97. The van der Waals surface area contributed by atoms with Crippen molar-refractivity contribution in [3.63, 3.8) is 0 Å². The Kier molecular flexibility index (Phi) is 10.2. The maximum absolute atomic E-state index is 13.3. The van der Waals surface area contributed by atoms with Gasteiger partial charge in [-0.15, -0.1) is 24.0 Å². The van der Waals surface area contributed by atoms with E-state index in [1.54, 1.807) is 26.4 Å². The van der Waals surface area contributed by atoms with E-state index >= 15 is 0 Å². The number of nitrogens with one attached hydrogen (secondary N) is 2. The molecule has 0 aliphatic carbocycles. The van der Waals surface area contributed by atoms with E-state index < -0.39 is 0 Å². The van der Waals surface area contributed by atoms with Crippen molar-refractivity contribution in [2.45, 2.75) is 19.9 Å². The minimum Gasteiger partial charge on any atom is -0.469 e. The molecule has 1 aromatic heterocycles. The maximum atomic E-state index is 13.3. The normalized spacial score (nSPS) is 11.1. The minimum absolute atomic E-state index is 0. The molecule has 0 atom stereocenters. The van der Waals surface area contributed by atoms with Crippen LogP contribution in [0.1, 0.15) is 16.9 Å². The van der Waals surface area contributed by atoms with Crippen LogP contribution in [0.5, 0.6) is 0 Å². The smallest absolute Gasteiger partial charge is 0.191 e. The lowest BCUT2D eigenvalue weighted by Gasteiger charge is -2.12. The quantitative estimate of drug-likeness (QED) is 0.274. The summed E-state index contributed by atoms with van der Waals surface area (Å²) in [6.07, 6.45) is 2.44. The van der Waals surface area contributed by atoms with Gasteiger partial charge in [-0.3, -0.25) is 0 Å². The highest BCUT2D eigenvalue weighted by molar-refractivity contribution is 14.0. The highest BCUT2D eigenvalue weighted by atomic mass is 127. The predicted molar refractivity (Wildman–Crippen MR) is 108 cm³/mol. The molecular formula is C18H25FIN3O2. The number of hydrogen-bond acceptors (Lipinski definition) is 3. The van der Waals surface area contributed by atoms with Crippen molar-refractivity contribution in [3.05, 3.63) is 59.3 Å². The van der Waals surface area contributed by atoms with Crippen molar-refractivity contribution in [2.75, 3.05) is 26.8 Å². The van der Waals surface area contributed by atoms with Crippen molar-refractivity contribution in [2.24, 2.45) is 4.99 Å². The Bertz CT molecular complexity index is 648. The number of halogens is 2. The van der Waals surface area contributed by atoms with E-state index in [2.05, 4.69) is 15.6 Å². The number of benzene rings is 1. The molecule has 138 valence electrons. The van der Waals surface area contributed by atoms with Gasteiger partial charge in [0.1, 0.15) is 11.6 Å². The van der Waals surface area contributed by atoms with Crippen LogP contribution < -0.4 is 10.6 Å². The van der Waals surface area contributed by atoms with E-state index in [9.17, 15) is 4.39 Å². The minimum atomic E-state index is -0.197. The summed E-state index contributed by atoms with van der Waals surface area (Å²) in [7, 11) is 1.66. The molecule has 0 fully saturated rings. The molecule has 0 unspecified atom stereocenters. The molecule has 2 N–H and O–H groups in total. The Labute approximate surface area is 165 Å². The Hall–Kier alpha value is -1.61. The lowest BCUT2D eigenvalue weighted by atomic mass is 10.1. The second-order valence-electron chi connectivity index (χ2n) is 5.42. The highest BCUT2D eigenvalue weighted by Gasteiger charge is 2.02. The van der Waals surface area contributed by atoms with Crippen LogP contribution in [0.2, 0.25) is 0 Å². The van der Waals surface area contributed by atoms with E-state index in [4.69, 9.17) is 9.15 Å². The molecule has 0 amide bonds. The van der Waals surface area contributed by atoms with Crippen LogP contribution in [-0.4, -0.2) is 32.8 Å². The van der Waals surface area contributed by atoms with Crippen molar-refractivity contribution in [1.29, 1.82) is 0 Å². The predicted octanol–water partition coefficient (Wildman–Crippen LogP) is 3.27. The van der Waals surface area contributed by atoms with Crippen molar-refractivity contribution >= 4 is 29.9 Å². The summed E-state index contributed by atoms with van der Waals surface area (Å²) in [6, 6.07) is 8.86. The molecule has 0 aliphatic heterocycles. The first-order valence-electron chi connectivity index (χ1n) is 7.97. The number of methoxy groups -OCH3 is 1. The summed E-state index contributed by atoms with van der Waals surface area (Å²) in [6.45, 7) is 4.18. The van der Waals surface area contributed by atoms with Crippen molar-refractivity contribution < 1.29 is 13.5 Å². The van der Waals surface area contributed by atoms with Gasteiger partial charge >= 0.3 is 0 Å². The molecule has 25 heavy (non-hydrogen) atoms. The fraction of sp³-hybridized carbons (Fsp3) is 0.389. The van der Waals surface area contributed by atoms with Crippen LogP contribution in [0.4, 0.5) is 4.39 Å². The molecule has 0 saturated heterocycles. The van der Waals surface area contributed by atoms with Crippen LogP contribution in [0.3, 0.4) is 0 Å². The third kappa shape index (κ3) is 7.87. The third-order valence-electron chi connectivity index (χ3n) is 3.48. The van der Waals surface area contributed by atoms with E-state index in [0.29, 0.717) is 37.8 Å². The van der Waals surface area contributed by atoms with Crippen LogP contribution in [0.15, 0.2) is 46.0 Å². The largest absolute Gasteiger partial charge is 0.469 e. The van der Waals surface area contributed by atoms with Gasteiger partial charge in [-0.05, 0) is 36.2 Å². The van der Waals surface area contributed by atoms with Gasteiger partial charge < -0.3 is 19.8 Å². The number of nitrogens with zero attached hydrogens (tertiary/aromatic N) is 1. The van der Waals surface area contributed by atoms with Gasteiger partial charge in [0, 0.05) is 26.6 Å². The number of furan rings is 1. The zero-order valence-corrected chi connectivity index (χ0v) is 16.9. The molecule has 5 nitrogen and oxygen atoms in total. The molecule has 2 rings (SSSR count). The van der Waals surface area contributed by atoms with E-state index in [-0.39, 0.29) is 29.8 Å². The number of ether oxygens (including phenoxy) is 1. The number of guanidine groups is 1. The summed E-state index contributed by atoms with van der Waals surface area (Å²) in [5.41, 5.74) is 1.59. The molecule has 0 radical (unpaired) electrons. The second-order valence-corrected chi connectivity index (χ2v) is 5.42. The molecule has 1 aromatic carbocycles. The van der Waals surface area contributed by atoms with Crippen LogP contribution >= 0.6 is 24.0 Å². The summed E-state index contributed by atoms with van der Waals surface area (Å²) in [5, 5.41) is 6.47.